The predicted octanol–water partition coefficient (Wildman–Crippen LogP) is 4.64. The number of hydrogen-bond donors (Lipinski definition) is 1. The fourth-order valence-electron chi connectivity index (χ4n) is 3.40. The van der Waals surface area contributed by atoms with Crippen LogP contribution in [0.2, 0.25) is 0 Å². The number of nitrogens with zero attached hydrogens (tertiary/aromatic N) is 1. The minimum absolute atomic E-state index is 0.303. The van der Waals surface area contributed by atoms with Crippen LogP contribution in [0.3, 0.4) is 0 Å². The molecule has 2 N–H and O–H groups in total. The van der Waals surface area contributed by atoms with Crippen LogP contribution in [0.4, 0.5) is 0 Å². The summed E-state index contributed by atoms with van der Waals surface area (Å²) in [6, 6.07) is 17.0. The largest absolute Gasteiger partial charge is 0.494 e. The van der Waals surface area contributed by atoms with Gasteiger partial charge >= 0.3 is 0 Å². The van der Waals surface area contributed by atoms with Gasteiger partial charge in [-0.05, 0) is 48.7 Å². The molecule has 1 unspecified atom stereocenters. The zero-order valence-corrected chi connectivity index (χ0v) is 15.2. The van der Waals surface area contributed by atoms with Crippen LogP contribution in [0.1, 0.15) is 36.8 Å². The van der Waals surface area contributed by atoms with Crippen molar-refractivity contribution < 1.29 is 4.74 Å². The number of fused-ring (bicyclic) bond motifs is 1. The summed E-state index contributed by atoms with van der Waals surface area (Å²) in [5.74, 6) is 1.26. The van der Waals surface area contributed by atoms with Crippen molar-refractivity contribution in [3.05, 3.63) is 65.9 Å². The SMILES string of the molecule is CCCCOc1cccc(CC(CN)c2cn(C)c3ccccc23)c1. The van der Waals surface area contributed by atoms with Crippen LogP contribution in [0.25, 0.3) is 10.9 Å². The van der Waals surface area contributed by atoms with Crippen LogP contribution >= 0.6 is 0 Å². The third-order valence-electron chi connectivity index (χ3n) is 4.80. The highest BCUT2D eigenvalue weighted by atomic mass is 16.5. The third-order valence-corrected chi connectivity index (χ3v) is 4.80. The Bertz CT molecular complexity index is 822. The Morgan fingerprint density at radius 2 is 1.96 bits per heavy atom. The first-order chi connectivity index (χ1) is 12.2. The highest BCUT2D eigenvalue weighted by Gasteiger charge is 2.16. The molecule has 3 heteroatoms. The Labute approximate surface area is 150 Å². The molecule has 0 bridgehead atoms. The molecule has 1 atom stereocenters. The van der Waals surface area contributed by atoms with E-state index >= 15 is 0 Å². The summed E-state index contributed by atoms with van der Waals surface area (Å²) < 4.78 is 8.04. The number of unbranched alkanes of at least 4 members (excludes halogenated alkanes) is 1. The summed E-state index contributed by atoms with van der Waals surface area (Å²) in [7, 11) is 2.10. The van der Waals surface area contributed by atoms with E-state index in [1.165, 1.54) is 22.0 Å². The first-order valence-electron chi connectivity index (χ1n) is 9.18. The summed E-state index contributed by atoms with van der Waals surface area (Å²) in [4.78, 5) is 0. The molecule has 0 aliphatic rings. The standard InChI is InChI=1S/C22H28N2O/c1-3-4-12-25-19-9-7-8-17(14-19)13-18(15-23)21-16-24(2)22-11-6-5-10-20(21)22/h5-11,14,16,18H,3-4,12-13,15,23H2,1-2H3. The topological polar surface area (TPSA) is 40.2 Å². The molecule has 1 heterocycles. The van der Waals surface area contributed by atoms with Gasteiger partial charge in [-0.1, -0.05) is 43.7 Å². The molecule has 3 aromatic rings. The summed E-state index contributed by atoms with van der Waals surface area (Å²) >= 11 is 0. The fraction of sp³-hybridized carbons (Fsp3) is 0.364. The molecule has 0 aliphatic carbocycles. The molecule has 0 radical (unpaired) electrons. The van der Waals surface area contributed by atoms with Crippen molar-refractivity contribution in [2.24, 2.45) is 12.8 Å². The van der Waals surface area contributed by atoms with Crippen molar-refractivity contribution in [1.82, 2.24) is 4.57 Å². The van der Waals surface area contributed by atoms with Gasteiger partial charge in [0.05, 0.1) is 6.61 Å². The van der Waals surface area contributed by atoms with Gasteiger partial charge in [-0.3, -0.25) is 0 Å². The van der Waals surface area contributed by atoms with Crippen LogP contribution < -0.4 is 10.5 Å². The van der Waals surface area contributed by atoms with Crippen LogP contribution in [0.15, 0.2) is 54.7 Å². The van der Waals surface area contributed by atoms with E-state index < -0.39 is 0 Å². The van der Waals surface area contributed by atoms with Gasteiger partial charge < -0.3 is 15.0 Å². The maximum Gasteiger partial charge on any atom is 0.119 e. The number of nitrogens with two attached hydrogens (primary N) is 1. The Morgan fingerprint density at radius 3 is 2.76 bits per heavy atom. The van der Waals surface area contributed by atoms with Crippen molar-refractivity contribution in [3.8, 4) is 5.75 Å². The summed E-state index contributed by atoms with van der Waals surface area (Å²) in [5, 5.41) is 1.30. The van der Waals surface area contributed by atoms with Gasteiger partial charge in [-0.2, -0.15) is 0 Å². The van der Waals surface area contributed by atoms with E-state index in [1.807, 2.05) is 6.07 Å². The van der Waals surface area contributed by atoms with E-state index in [9.17, 15) is 0 Å². The van der Waals surface area contributed by atoms with Gasteiger partial charge in [0.15, 0.2) is 0 Å². The Hall–Kier alpha value is -2.26. The third kappa shape index (κ3) is 4.05. The molecule has 0 saturated carbocycles. The zero-order chi connectivity index (χ0) is 17.6. The van der Waals surface area contributed by atoms with Gasteiger partial charge in [0.2, 0.25) is 0 Å². The molecule has 2 aromatic carbocycles. The van der Waals surface area contributed by atoms with Gasteiger partial charge in [-0.15, -0.1) is 0 Å². The van der Waals surface area contributed by atoms with Gasteiger partial charge in [-0.25, -0.2) is 0 Å². The van der Waals surface area contributed by atoms with Crippen molar-refractivity contribution in [3.63, 3.8) is 0 Å². The molecule has 3 nitrogen and oxygen atoms in total. The molecular weight excluding hydrogens is 308 g/mol. The van der Waals surface area contributed by atoms with Crippen molar-refractivity contribution >= 4 is 10.9 Å². The molecule has 0 spiro atoms. The molecule has 3 rings (SSSR count). The van der Waals surface area contributed by atoms with E-state index in [-0.39, 0.29) is 0 Å². The predicted molar refractivity (Wildman–Crippen MR) is 105 cm³/mol. The maximum absolute atomic E-state index is 6.15. The van der Waals surface area contributed by atoms with E-state index in [1.54, 1.807) is 0 Å². The second-order valence-corrected chi connectivity index (χ2v) is 6.70. The van der Waals surface area contributed by atoms with E-state index in [0.29, 0.717) is 12.5 Å². The van der Waals surface area contributed by atoms with Crippen LogP contribution in [-0.2, 0) is 13.5 Å². The Balaban J connectivity index is 1.81. The molecule has 0 amide bonds. The Kier molecular flexibility index (Phi) is 5.77. The van der Waals surface area contributed by atoms with E-state index in [2.05, 4.69) is 67.2 Å². The number of aryl methyl sites for hydroxylation is 1. The average Bonchev–Trinajstić information content (AvgIpc) is 2.97. The number of para-hydroxylation sites is 1. The van der Waals surface area contributed by atoms with Crippen LogP contribution in [0.5, 0.6) is 5.75 Å². The number of hydrogen-bond acceptors (Lipinski definition) is 2. The smallest absolute Gasteiger partial charge is 0.119 e. The lowest BCUT2D eigenvalue weighted by molar-refractivity contribution is 0.309. The molecule has 0 fully saturated rings. The van der Waals surface area contributed by atoms with E-state index in [0.717, 1.165) is 31.6 Å². The lowest BCUT2D eigenvalue weighted by Gasteiger charge is -2.15. The molecule has 0 aliphatic heterocycles. The molecule has 25 heavy (non-hydrogen) atoms. The molecular formula is C22H28N2O. The lowest BCUT2D eigenvalue weighted by Crippen LogP contribution is -2.15. The number of aromatic nitrogens is 1. The van der Waals surface area contributed by atoms with Gasteiger partial charge in [0, 0.05) is 30.1 Å². The molecule has 1 aromatic heterocycles. The summed E-state index contributed by atoms with van der Waals surface area (Å²) in [5.41, 5.74) is 10.0. The highest BCUT2D eigenvalue weighted by molar-refractivity contribution is 5.84. The minimum atomic E-state index is 0.303. The fourth-order valence-corrected chi connectivity index (χ4v) is 3.40. The second-order valence-electron chi connectivity index (χ2n) is 6.70. The van der Waals surface area contributed by atoms with E-state index in [4.69, 9.17) is 10.5 Å². The van der Waals surface area contributed by atoms with Crippen LogP contribution in [-0.4, -0.2) is 17.7 Å². The lowest BCUT2D eigenvalue weighted by atomic mass is 9.91. The quantitative estimate of drug-likeness (QED) is 0.609. The summed E-state index contributed by atoms with van der Waals surface area (Å²) in [6.07, 6.45) is 5.39. The normalized spacial score (nSPS) is 12.4. The van der Waals surface area contributed by atoms with Crippen molar-refractivity contribution in [1.29, 1.82) is 0 Å². The monoisotopic (exact) mass is 336 g/mol. The summed E-state index contributed by atoms with van der Waals surface area (Å²) in [6.45, 7) is 3.59. The zero-order valence-electron chi connectivity index (χ0n) is 15.2. The van der Waals surface area contributed by atoms with Crippen molar-refractivity contribution in [2.45, 2.75) is 32.1 Å². The number of benzene rings is 2. The van der Waals surface area contributed by atoms with Crippen LogP contribution in [0, 0.1) is 0 Å². The van der Waals surface area contributed by atoms with Gasteiger partial charge in [0.25, 0.3) is 0 Å². The minimum Gasteiger partial charge on any atom is -0.494 e. The first kappa shape index (κ1) is 17.6. The number of ether oxygens (including phenoxy) is 1. The van der Waals surface area contributed by atoms with Crippen molar-refractivity contribution in [2.75, 3.05) is 13.2 Å². The first-order valence-corrected chi connectivity index (χ1v) is 9.18. The Morgan fingerprint density at radius 1 is 1.12 bits per heavy atom. The maximum atomic E-state index is 6.15. The second kappa shape index (κ2) is 8.21. The number of rotatable bonds is 8. The molecule has 132 valence electrons. The average molecular weight is 336 g/mol. The van der Waals surface area contributed by atoms with Gasteiger partial charge in [0.1, 0.15) is 5.75 Å². The molecule has 0 saturated heterocycles. The highest BCUT2D eigenvalue weighted by Crippen LogP contribution is 2.30.